The Hall–Kier alpha value is -2.48. The van der Waals surface area contributed by atoms with Gasteiger partial charge in [0.05, 0.1) is 6.04 Å². The van der Waals surface area contributed by atoms with E-state index in [-0.39, 0.29) is 17.7 Å². The molecular weight excluding hydrogens is 418 g/mol. The number of amides is 1. The van der Waals surface area contributed by atoms with Gasteiger partial charge >= 0.3 is 18.0 Å². The van der Waals surface area contributed by atoms with E-state index in [9.17, 15) is 14.4 Å². The van der Waals surface area contributed by atoms with E-state index in [4.69, 9.17) is 14.2 Å². The van der Waals surface area contributed by atoms with Gasteiger partial charge in [0.2, 0.25) is 0 Å². The SMILES string of the molecule is CSC(=C1C(=O)OC(C)(C)OC1=O)c1ccc2c(c1)C(N(C)C(=O)OC(C)(C)C)CC2. The zero-order chi connectivity index (χ0) is 23.1. The van der Waals surface area contributed by atoms with E-state index in [0.717, 1.165) is 24.0 Å². The van der Waals surface area contributed by atoms with Crippen LogP contribution in [0.4, 0.5) is 4.79 Å². The largest absolute Gasteiger partial charge is 0.444 e. The average Bonchev–Trinajstić information content (AvgIpc) is 3.04. The lowest BCUT2D eigenvalue weighted by Gasteiger charge is -2.31. The van der Waals surface area contributed by atoms with Gasteiger partial charge in [0.15, 0.2) is 5.57 Å². The van der Waals surface area contributed by atoms with Crippen molar-refractivity contribution in [1.29, 1.82) is 0 Å². The number of nitrogens with zero attached hydrogens (tertiary/aromatic N) is 1. The van der Waals surface area contributed by atoms with Crippen LogP contribution in [-0.4, -0.2) is 47.6 Å². The number of cyclic esters (lactones) is 2. The quantitative estimate of drug-likeness (QED) is 0.385. The summed E-state index contributed by atoms with van der Waals surface area (Å²) in [6, 6.07) is 5.65. The smallest absolute Gasteiger partial charge is 0.410 e. The standard InChI is InChI=1S/C23H29NO6S/c1-22(2,3)30-21(27)24(6)16-11-10-13-8-9-14(12-15(13)16)18(31-7)17-19(25)28-23(4,5)29-20(17)26/h8-9,12,16H,10-11H2,1-7H3. The summed E-state index contributed by atoms with van der Waals surface area (Å²) in [6.45, 7) is 8.54. The van der Waals surface area contributed by atoms with Crippen molar-refractivity contribution in [1.82, 2.24) is 4.90 Å². The van der Waals surface area contributed by atoms with Crippen molar-refractivity contribution in [2.45, 2.75) is 64.9 Å². The molecule has 0 bridgehead atoms. The van der Waals surface area contributed by atoms with E-state index in [2.05, 4.69) is 0 Å². The third-order valence-corrected chi connectivity index (χ3v) is 5.97. The maximum atomic E-state index is 12.6. The molecule has 1 atom stereocenters. The van der Waals surface area contributed by atoms with Crippen LogP contribution in [0.2, 0.25) is 0 Å². The summed E-state index contributed by atoms with van der Waals surface area (Å²) < 4.78 is 16.1. The lowest BCUT2D eigenvalue weighted by molar-refractivity contribution is -0.222. The number of aryl methyl sites for hydroxylation is 1. The Morgan fingerprint density at radius 2 is 1.81 bits per heavy atom. The first-order valence-electron chi connectivity index (χ1n) is 10.2. The van der Waals surface area contributed by atoms with Crippen LogP contribution >= 0.6 is 11.8 Å². The van der Waals surface area contributed by atoms with Gasteiger partial charge in [-0.15, -0.1) is 11.8 Å². The number of hydrogen-bond acceptors (Lipinski definition) is 7. The highest BCUT2D eigenvalue weighted by molar-refractivity contribution is 8.07. The molecule has 0 N–H and O–H groups in total. The fourth-order valence-corrected chi connectivity index (χ4v) is 4.52. The van der Waals surface area contributed by atoms with Crippen molar-refractivity contribution >= 4 is 34.7 Å². The van der Waals surface area contributed by atoms with Crippen LogP contribution in [0.3, 0.4) is 0 Å². The minimum atomic E-state index is -1.29. The molecule has 2 aliphatic rings. The summed E-state index contributed by atoms with van der Waals surface area (Å²) in [5.41, 5.74) is 2.13. The average molecular weight is 448 g/mol. The predicted octanol–water partition coefficient (Wildman–Crippen LogP) is 4.45. The van der Waals surface area contributed by atoms with Crippen LogP contribution in [0.5, 0.6) is 0 Å². The second kappa shape index (κ2) is 8.22. The summed E-state index contributed by atoms with van der Waals surface area (Å²) in [7, 11) is 1.73. The summed E-state index contributed by atoms with van der Waals surface area (Å²) in [6.07, 6.45) is 3.01. The molecule has 1 aliphatic heterocycles. The Kier molecular flexibility index (Phi) is 6.15. The second-order valence-corrected chi connectivity index (χ2v) is 9.96. The number of ether oxygens (including phenoxy) is 3. The van der Waals surface area contributed by atoms with E-state index in [1.165, 1.54) is 25.6 Å². The van der Waals surface area contributed by atoms with E-state index in [0.29, 0.717) is 10.5 Å². The molecule has 0 radical (unpaired) electrons. The van der Waals surface area contributed by atoms with Crippen molar-refractivity contribution in [3.63, 3.8) is 0 Å². The number of benzene rings is 1. The molecule has 1 aromatic rings. The van der Waals surface area contributed by atoms with Gasteiger partial charge in [-0.05, 0) is 62.6 Å². The predicted molar refractivity (Wildman–Crippen MR) is 118 cm³/mol. The van der Waals surface area contributed by atoms with E-state index >= 15 is 0 Å². The summed E-state index contributed by atoms with van der Waals surface area (Å²) in [4.78, 5) is 39.8. The van der Waals surface area contributed by atoms with Crippen LogP contribution in [0.25, 0.3) is 4.91 Å². The minimum Gasteiger partial charge on any atom is -0.444 e. The molecule has 0 saturated carbocycles. The molecule has 31 heavy (non-hydrogen) atoms. The van der Waals surface area contributed by atoms with E-state index in [1.54, 1.807) is 18.2 Å². The van der Waals surface area contributed by atoms with Crippen LogP contribution in [0, 0.1) is 0 Å². The Labute approximate surface area is 187 Å². The van der Waals surface area contributed by atoms with Crippen molar-refractivity contribution in [2.75, 3.05) is 13.3 Å². The first-order chi connectivity index (χ1) is 14.3. The molecule has 1 heterocycles. The molecule has 7 nitrogen and oxygen atoms in total. The molecule has 8 heteroatoms. The maximum Gasteiger partial charge on any atom is 0.410 e. The molecule has 0 aromatic heterocycles. The monoisotopic (exact) mass is 447 g/mol. The van der Waals surface area contributed by atoms with E-state index in [1.807, 2.05) is 39.0 Å². The van der Waals surface area contributed by atoms with Gasteiger partial charge in [-0.2, -0.15) is 0 Å². The molecule has 1 unspecified atom stereocenters. The molecule has 1 saturated heterocycles. The first kappa shape index (κ1) is 23.2. The Morgan fingerprint density at radius 3 is 2.35 bits per heavy atom. The summed E-state index contributed by atoms with van der Waals surface area (Å²) >= 11 is 1.28. The van der Waals surface area contributed by atoms with Crippen molar-refractivity contribution in [3.05, 3.63) is 40.5 Å². The summed E-state index contributed by atoms with van der Waals surface area (Å²) in [5, 5.41) is 0. The van der Waals surface area contributed by atoms with Gasteiger partial charge in [0, 0.05) is 25.8 Å². The number of esters is 2. The topological polar surface area (TPSA) is 82.1 Å². The highest BCUT2D eigenvalue weighted by Crippen LogP contribution is 2.40. The highest BCUT2D eigenvalue weighted by atomic mass is 32.2. The lowest BCUT2D eigenvalue weighted by atomic mass is 10.0. The molecule has 0 spiro atoms. The van der Waals surface area contributed by atoms with Crippen LogP contribution in [0.1, 0.15) is 63.8 Å². The van der Waals surface area contributed by atoms with Gasteiger partial charge in [-0.25, -0.2) is 14.4 Å². The van der Waals surface area contributed by atoms with Crippen molar-refractivity contribution in [2.24, 2.45) is 0 Å². The molecule has 1 fully saturated rings. The highest BCUT2D eigenvalue weighted by Gasteiger charge is 2.41. The van der Waals surface area contributed by atoms with Gasteiger partial charge in [-0.1, -0.05) is 12.1 Å². The van der Waals surface area contributed by atoms with Crippen LogP contribution in [0.15, 0.2) is 23.8 Å². The molecule has 1 aromatic carbocycles. The molecule has 1 amide bonds. The van der Waals surface area contributed by atoms with Crippen LogP contribution < -0.4 is 0 Å². The Balaban J connectivity index is 1.97. The number of hydrogen-bond donors (Lipinski definition) is 0. The van der Waals surface area contributed by atoms with Gasteiger partial charge in [-0.3, -0.25) is 0 Å². The van der Waals surface area contributed by atoms with Gasteiger partial charge in [0.1, 0.15) is 5.60 Å². The van der Waals surface area contributed by atoms with Gasteiger partial charge in [0.25, 0.3) is 5.79 Å². The number of carbonyl (C=O) groups excluding carboxylic acids is 3. The molecule has 3 rings (SSSR count). The van der Waals surface area contributed by atoms with E-state index < -0.39 is 23.3 Å². The second-order valence-electron chi connectivity index (χ2n) is 9.15. The number of fused-ring (bicyclic) bond motifs is 1. The molecule has 1 aliphatic carbocycles. The molecule has 168 valence electrons. The normalized spacial score (nSPS) is 20.0. The Bertz CT molecular complexity index is 937. The van der Waals surface area contributed by atoms with Crippen molar-refractivity contribution < 1.29 is 28.6 Å². The number of thioether (sulfide) groups is 1. The first-order valence-corrected chi connectivity index (χ1v) is 11.4. The number of rotatable bonds is 3. The molecular formula is C23H29NO6S. The van der Waals surface area contributed by atoms with Crippen LogP contribution in [-0.2, 0) is 30.2 Å². The van der Waals surface area contributed by atoms with Gasteiger partial charge < -0.3 is 19.1 Å². The minimum absolute atomic E-state index is 0.109. The summed E-state index contributed by atoms with van der Waals surface area (Å²) in [5.74, 6) is -2.69. The third kappa shape index (κ3) is 4.89. The number of carbonyl (C=O) groups is 3. The fraction of sp³-hybridized carbons (Fsp3) is 0.522. The lowest BCUT2D eigenvalue weighted by Crippen LogP contribution is -2.42. The zero-order valence-corrected chi connectivity index (χ0v) is 19.8. The fourth-order valence-electron chi connectivity index (χ4n) is 3.79. The Morgan fingerprint density at radius 1 is 1.19 bits per heavy atom. The zero-order valence-electron chi connectivity index (χ0n) is 19.0. The maximum absolute atomic E-state index is 12.6. The van der Waals surface area contributed by atoms with Crippen molar-refractivity contribution in [3.8, 4) is 0 Å². The third-order valence-electron chi connectivity index (χ3n) is 5.12.